The summed E-state index contributed by atoms with van der Waals surface area (Å²) < 4.78 is 12.5. The van der Waals surface area contributed by atoms with Crippen LogP contribution in [0.1, 0.15) is 37.4 Å². The van der Waals surface area contributed by atoms with Crippen LogP contribution < -0.4 is 14.9 Å². The minimum atomic E-state index is -1.43. The summed E-state index contributed by atoms with van der Waals surface area (Å²) in [5.74, 6) is -1.07. The van der Waals surface area contributed by atoms with Gasteiger partial charge in [0.1, 0.15) is 11.5 Å². The van der Waals surface area contributed by atoms with Gasteiger partial charge < -0.3 is 9.47 Å². The zero-order valence-corrected chi connectivity index (χ0v) is 18.0. The summed E-state index contributed by atoms with van der Waals surface area (Å²) in [6.07, 6.45) is 8.16. The van der Waals surface area contributed by atoms with E-state index in [1.54, 1.807) is 49.5 Å². The molecule has 1 N–H and O–H groups in total. The maximum Gasteiger partial charge on any atom is 0.362 e. The average molecular weight is 440 g/mol. The van der Waals surface area contributed by atoms with Crippen LogP contribution in [0.15, 0.2) is 72.1 Å². The van der Waals surface area contributed by atoms with Crippen molar-refractivity contribution in [1.82, 2.24) is 15.3 Å². The number of fused-ring (bicyclic) bond motifs is 2. The Labute approximate surface area is 190 Å². The van der Waals surface area contributed by atoms with Crippen LogP contribution in [-0.4, -0.2) is 40.9 Å². The van der Waals surface area contributed by atoms with Crippen LogP contribution in [0.25, 0.3) is 6.08 Å². The number of pyridine rings is 1. The minimum Gasteiger partial charge on any atom is -0.431 e. The van der Waals surface area contributed by atoms with Crippen LogP contribution in [0.2, 0.25) is 0 Å². The zero-order valence-electron chi connectivity index (χ0n) is 18.0. The second-order valence-electron chi connectivity index (χ2n) is 7.74. The van der Waals surface area contributed by atoms with Gasteiger partial charge in [-0.25, -0.2) is 5.43 Å². The zero-order chi connectivity index (χ0) is 23.0. The first-order valence-electron chi connectivity index (χ1n) is 10.3. The second-order valence-corrected chi connectivity index (χ2v) is 7.74. The Hall–Kier alpha value is -4.46. The molecule has 2 aliphatic rings. The van der Waals surface area contributed by atoms with E-state index in [4.69, 9.17) is 9.47 Å². The van der Waals surface area contributed by atoms with Crippen molar-refractivity contribution in [3.05, 3.63) is 94.8 Å². The summed E-state index contributed by atoms with van der Waals surface area (Å²) in [6.45, 7) is 1.95. The molecular weight excluding hydrogens is 420 g/mol. The van der Waals surface area contributed by atoms with Crippen LogP contribution in [0.3, 0.4) is 0 Å². The van der Waals surface area contributed by atoms with Gasteiger partial charge >= 0.3 is 5.91 Å². The summed E-state index contributed by atoms with van der Waals surface area (Å²) in [6, 6.07) is 14.1. The third kappa shape index (κ3) is 3.61. The lowest BCUT2D eigenvalue weighted by molar-refractivity contribution is -0.166. The molecule has 5 rings (SSSR count). The first-order valence-corrected chi connectivity index (χ1v) is 10.3. The molecule has 0 fully saturated rings. The number of para-hydroxylation sites is 1. The minimum absolute atomic E-state index is 0.211. The summed E-state index contributed by atoms with van der Waals surface area (Å²) >= 11 is 0. The van der Waals surface area contributed by atoms with Gasteiger partial charge in [0.2, 0.25) is 0 Å². The van der Waals surface area contributed by atoms with Crippen LogP contribution in [0.5, 0.6) is 11.5 Å². The molecule has 8 heteroatoms. The highest BCUT2D eigenvalue weighted by Gasteiger charge is 2.47. The molecule has 0 unspecified atom stereocenters. The van der Waals surface area contributed by atoms with Crippen LogP contribution in [-0.2, 0) is 0 Å². The summed E-state index contributed by atoms with van der Waals surface area (Å²) in [7, 11) is 1.63. The summed E-state index contributed by atoms with van der Waals surface area (Å²) in [5.41, 5.74) is 5.85. The molecule has 0 radical (unpaired) electrons. The maximum absolute atomic E-state index is 13.0. The smallest absolute Gasteiger partial charge is 0.362 e. The Morgan fingerprint density at radius 3 is 2.76 bits per heavy atom. The molecule has 8 nitrogen and oxygen atoms in total. The topological polar surface area (TPSA) is 93.1 Å². The lowest BCUT2D eigenvalue weighted by Crippen LogP contribution is -2.60. The highest BCUT2D eigenvalue weighted by Crippen LogP contribution is 2.40. The predicted molar refractivity (Wildman–Crippen MR) is 122 cm³/mol. The van der Waals surface area contributed by atoms with Crippen LogP contribution >= 0.6 is 0 Å². The van der Waals surface area contributed by atoms with E-state index < -0.39 is 5.91 Å². The molecule has 0 saturated carbocycles. The fourth-order valence-electron chi connectivity index (χ4n) is 3.79. The van der Waals surface area contributed by atoms with E-state index in [-0.39, 0.29) is 11.8 Å². The van der Waals surface area contributed by atoms with Crippen molar-refractivity contribution in [2.45, 2.75) is 12.8 Å². The third-order valence-electron chi connectivity index (χ3n) is 5.47. The van der Waals surface area contributed by atoms with Gasteiger partial charge in [-0.3, -0.25) is 19.5 Å². The van der Waals surface area contributed by atoms with E-state index in [0.29, 0.717) is 28.2 Å². The second kappa shape index (κ2) is 7.90. The number of nitrogens with one attached hydrogen (secondary N) is 1. The fraction of sp³-hybridized carbons (Fsp3) is 0.120. The molecule has 0 bridgehead atoms. The molecule has 0 aliphatic carbocycles. The number of carbonyl (C=O) groups is 2. The van der Waals surface area contributed by atoms with Crippen molar-refractivity contribution >= 4 is 24.1 Å². The van der Waals surface area contributed by atoms with E-state index in [2.05, 4.69) is 15.5 Å². The molecule has 33 heavy (non-hydrogen) atoms. The van der Waals surface area contributed by atoms with Crippen molar-refractivity contribution in [3.63, 3.8) is 0 Å². The number of amides is 2. The van der Waals surface area contributed by atoms with Crippen LogP contribution in [0.4, 0.5) is 0 Å². The lowest BCUT2D eigenvalue weighted by Gasteiger charge is -2.44. The van der Waals surface area contributed by atoms with Gasteiger partial charge in [-0.05, 0) is 55.0 Å². The quantitative estimate of drug-likeness (QED) is 0.498. The monoisotopic (exact) mass is 440 g/mol. The largest absolute Gasteiger partial charge is 0.431 e. The molecule has 0 saturated heterocycles. The normalized spacial score (nSPS) is 18.5. The first-order chi connectivity index (χ1) is 16.0. The van der Waals surface area contributed by atoms with Gasteiger partial charge in [-0.15, -0.1) is 0 Å². The van der Waals surface area contributed by atoms with E-state index in [0.717, 1.165) is 11.1 Å². The Bertz CT molecular complexity index is 1320. The number of carbonyl (C=O) groups excluding carboxylic acids is 2. The lowest BCUT2D eigenvalue weighted by atomic mass is 10.0. The number of rotatable bonds is 3. The van der Waals surface area contributed by atoms with Gasteiger partial charge in [-0.1, -0.05) is 12.1 Å². The molecular formula is C25H20N4O4. The van der Waals surface area contributed by atoms with E-state index in [9.17, 15) is 9.59 Å². The molecule has 1 aromatic heterocycles. The molecule has 3 heterocycles. The number of benzene rings is 2. The average Bonchev–Trinajstić information content (AvgIpc) is 2.83. The number of hydrogen-bond acceptors (Lipinski definition) is 6. The molecule has 164 valence electrons. The van der Waals surface area contributed by atoms with Crippen molar-refractivity contribution in [3.8, 4) is 11.5 Å². The standard InChI is InChI=1S/C25H20N4O4/c1-16-13-18-7-10-25(29(2)24(31)20-5-3-4-6-21(20)32-25)33-22(18)19(14-16)15-27-28-23(30)17-8-11-26-12-9-17/h3-15H,1-2H3,(H,28,30)/t25-/m1/s1. The summed E-state index contributed by atoms with van der Waals surface area (Å²) in [4.78, 5) is 30.6. The number of aryl methyl sites for hydroxylation is 1. The summed E-state index contributed by atoms with van der Waals surface area (Å²) in [5, 5.41) is 4.10. The number of ether oxygens (including phenoxy) is 2. The van der Waals surface area contributed by atoms with Crippen molar-refractivity contribution < 1.29 is 19.1 Å². The Kier molecular flexibility index (Phi) is 4.90. The Morgan fingerprint density at radius 1 is 1.15 bits per heavy atom. The predicted octanol–water partition coefficient (Wildman–Crippen LogP) is 3.38. The maximum atomic E-state index is 13.0. The van der Waals surface area contributed by atoms with Crippen molar-refractivity contribution in [1.29, 1.82) is 0 Å². The van der Waals surface area contributed by atoms with Gasteiger partial charge in [-0.2, -0.15) is 5.10 Å². The molecule has 2 aliphatic heterocycles. The number of hydrazone groups is 1. The molecule has 3 aromatic rings. The fourth-order valence-corrected chi connectivity index (χ4v) is 3.79. The SMILES string of the molecule is Cc1cc2c(c(C=NNC(=O)c3ccncc3)c1)O[C@@]1(C=C2)Oc2ccccc2C(=O)N1C. The molecule has 1 atom stereocenters. The first kappa shape index (κ1) is 20.4. The number of hydrogen-bond donors (Lipinski definition) is 1. The van der Waals surface area contributed by atoms with E-state index >= 15 is 0 Å². The van der Waals surface area contributed by atoms with Crippen molar-refractivity contribution in [2.75, 3.05) is 7.05 Å². The highest BCUT2D eigenvalue weighted by atomic mass is 16.7. The van der Waals surface area contributed by atoms with E-state index in [1.807, 2.05) is 25.1 Å². The number of nitrogens with zero attached hydrogens (tertiary/aromatic N) is 3. The van der Waals surface area contributed by atoms with Gasteiger partial charge in [0.05, 0.1) is 11.8 Å². The van der Waals surface area contributed by atoms with E-state index in [1.165, 1.54) is 23.5 Å². The Balaban J connectivity index is 1.46. The van der Waals surface area contributed by atoms with Gasteiger partial charge in [0.15, 0.2) is 0 Å². The molecule has 2 amide bonds. The van der Waals surface area contributed by atoms with Gasteiger partial charge in [0, 0.05) is 42.2 Å². The Morgan fingerprint density at radius 2 is 1.94 bits per heavy atom. The molecule has 2 aromatic carbocycles. The van der Waals surface area contributed by atoms with Gasteiger partial charge in [0.25, 0.3) is 11.8 Å². The third-order valence-corrected chi connectivity index (χ3v) is 5.47. The number of likely N-dealkylation sites (N-methyl/N-ethyl adjacent to an activating group) is 1. The van der Waals surface area contributed by atoms with Crippen LogP contribution in [0, 0.1) is 6.92 Å². The number of aromatic nitrogens is 1. The van der Waals surface area contributed by atoms with Crippen molar-refractivity contribution in [2.24, 2.45) is 5.10 Å². The molecule has 1 spiro atoms. The highest BCUT2D eigenvalue weighted by molar-refractivity contribution is 5.99.